The van der Waals surface area contributed by atoms with E-state index in [1.807, 2.05) is 17.2 Å². The van der Waals surface area contributed by atoms with Crippen LogP contribution in [0.3, 0.4) is 0 Å². The van der Waals surface area contributed by atoms with E-state index in [-0.39, 0.29) is 51.4 Å². The van der Waals surface area contributed by atoms with Gasteiger partial charge in [-0.1, -0.05) is 60.1 Å². The fourth-order valence-electron chi connectivity index (χ4n) is 14.4. The average molecular weight is 800 g/mol. The van der Waals surface area contributed by atoms with Crippen molar-refractivity contribution in [1.82, 2.24) is 14.8 Å². The number of amides is 1. The molecule has 0 bridgehead atoms. The molecule has 5 aliphatic carbocycles. The number of carboxylic acid groups (broad SMARTS) is 1. The summed E-state index contributed by atoms with van der Waals surface area (Å²) in [7, 11) is 0. The van der Waals surface area contributed by atoms with Crippen molar-refractivity contribution < 1.29 is 29.0 Å². The van der Waals surface area contributed by atoms with Crippen LogP contribution in [0.4, 0.5) is 0 Å². The Morgan fingerprint density at radius 3 is 2.38 bits per heavy atom. The van der Waals surface area contributed by atoms with E-state index in [1.165, 1.54) is 5.57 Å². The molecule has 1 aromatic heterocycles. The van der Waals surface area contributed by atoms with E-state index in [4.69, 9.17) is 4.74 Å². The van der Waals surface area contributed by atoms with Crippen LogP contribution in [0.15, 0.2) is 35.5 Å². The zero-order valence-electron chi connectivity index (χ0n) is 37.3. The Hall–Kier alpha value is -3.07. The number of likely N-dealkylation sites (tertiary alicyclic amines) is 1. The maximum atomic E-state index is 14.3. The highest BCUT2D eigenvalue weighted by Crippen LogP contribution is 2.77. The van der Waals surface area contributed by atoms with Crippen molar-refractivity contribution in [2.24, 2.45) is 56.2 Å². The summed E-state index contributed by atoms with van der Waals surface area (Å²) < 4.78 is 6.21. The van der Waals surface area contributed by atoms with Crippen molar-refractivity contribution in [3.8, 4) is 0 Å². The summed E-state index contributed by atoms with van der Waals surface area (Å²) in [6, 6.07) is 6.10. The van der Waals surface area contributed by atoms with Gasteiger partial charge in [-0.05, 0) is 142 Å². The van der Waals surface area contributed by atoms with Gasteiger partial charge in [0.05, 0.1) is 17.5 Å². The second-order valence-electron chi connectivity index (χ2n) is 22.0. The van der Waals surface area contributed by atoms with Gasteiger partial charge in [-0.2, -0.15) is 0 Å². The number of carbonyl (C=O) groups is 4. The van der Waals surface area contributed by atoms with Gasteiger partial charge in [-0.15, -0.1) is 0 Å². The smallest absolute Gasteiger partial charge is 0.309 e. The summed E-state index contributed by atoms with van der Waals surface area (Å²) in [6.45, 7) is 24.0. The summed E-state index contributed by atoms with van der Waals surface area (Å²) in [5.74, 6) is 0.726. The first-order chi connectivity index (χ1) is 27.2. The SMILES string of the molecule is CC(C)C1=C2[C@H]3CCC4[C@@]5(C)CC[C@H](OC(=O)CC(C)(C)C(=O)O)C(C)(C)C5CC[C@@]4(C)[C@]3(C)CC[C@@]2(CCN(CCN2CCCC2=O)Cc2ccccn2)CC1=O. The standard InChI is InChI=1S/C49H73N3O6/c1-32(2)41-35(53)29-49(23-26-51(31-33-13-10-11-24-50-33)27-28-52-25-12-14-39(52)54)22-21-47(8)34(42(41)49)15-16-37-46(7)19-18-38(58-40(55)30-44(3,4)43(56)57)45(5,6)36(46)17-20-48(37,47)9/h10-11,13,24,32,34,36-38H,12,14-23,25-31H2,1-9H3,(H,56,57)/t34-,36?,37?,38+,46+,47-,48-,49-/m1/s1. The van der Waals surface area contributed by atoms with Crippen LogP contribution < -0.4 is 0 Å². The molecule has 1 saturated heterocycles. The normalized spacial score (nSPS) is 35.8. The molecule has 0 aromatic carbocycles. The van der Waals surface area contributed by atoms with Gasteiger partial charge < -0.3 is 14.7 Å². The topological polar surface area (TPSA) is 117 Å². The molecule has 1 aliphatic heterocycles. The van der Waals surface area contributed by atoms with Crippen molar-refractivity contribution in [1.29, 1.82) is 0 Å². The quantitative estimate of drug-likeness (QED) is 0.196. The van der Waals surface area contributed by atoms with Gasteiger partial charge in [0.25, 0.3) is 0 Å². The van der Waals surface area contributed by atoms with Crippen LogP contribution >= 0.6 is 0 Å². The number of nitrogens with zero attached hydrogens (tertiary/aromatic N) is 3. The van der Waals surface area contributed by atoms with Crippen LogP contribution in [0.25, 0.3) is 0 Å². The molecule has 1 amide bonds. The molecular weight excluding hydrogens is 727 g/mol. The van der Waals surface area contributed by atoms with Crippen molar-refractivity contribution in [3.05, 3.63) is 41.2 Å². The van der Waals surface area contributed by atoms with E-state index in [9.17, 15) is 24.3 Å². The monoisotopic (exact) mass is 800 g/mol. The maximum absolute atomic E-state index is 14.3. The number of fused-ring (bicyclic) bond motifs is 7. The summed E-state index contributed by atoms with van der Waals surface area (Å²) in [6.07, 6.45) is 13.1. The summed E-state index contributed by atoms with van der Waals surface area (Å²) >= 11 is 0. The van der Waals surface area contributed by atoms with E-state index < -0.39 is 17.4 Å². The molecule has 2 heterocycles. The van der Waals surface area contributed by atoms with Crippen molar-refractivity contribution in [2.45, 2.75) is 158 Å². The number of allylic oxidation sites excluding steroid dienone is 2. The van der Waals surface area contributed by atoms with E-state index in [0.717, 1.165) is 108 Å². The minimum Gasteiger partial charge on any atom is -0.481 e. The molecule has 1 N–H and O–H groups in total. The van der Waals surface area contributed by atoms with Crippen LogP contribution in [-0.2, 0) is 30.5 Å². The lowest BCUT2D eigenvalue weighted by atomic mass is 9.33. The first-order valence-corrected chi connectivity index (χ1v) is 22.8. The third kappa shape index (κ3) is 7.19. The maximum Gasteiger partial charge on any atom is 0.309 e. The highest BCUT2D eigenvalue weighted by Gasteiger charge is 2.70. The van der Waals surface area contributed by atoms with Crippen molar-refractivity contribution in [3.63, 3.8) is 0 Å². The highest BCUT2D eigenvalue weighted by atomic mass is 16.5. The number of hydrogen-bond acceptors (Lipinski definition) is 7. The molecule has 2 unspecified atom stereocenters. The molecule has 6 aliphatic rings. The fourth-order valence-corrected chi connectivity index (χ4v) is 14.4. The minimum atomic E-state index is -1.16. The first kappa shape index (κ1) is 43.0. The van der Waals surface area contributed by atoms with Gasteiger partial charge in [0.2, 0.25) is 5.91 Å². The Kier molecular flexibility index (Phi) is 11.5. The molecule has 1 aromatic rings. The number of ether oxygens (including phenoxy) is 1. The third-order valence-electron chi connectivity index (χ3n) is 17.8. The molecular formula is C49H73N3O6. The lowest BCUT2D eigenvalue weighted by molar-refractivity contribution is -0.233. The van der Waals surface area contributed by atoms with Crippen molar-refractivity contribution in [2.75, 3.05) is 26.2 Å². The molecule has 0 radical (unpaired) electrons. The Morgan fingerprint density at radius 2 is 1.72 bits per heavy atom. The largest absolute Gasteiger partial charge is 0.481 e. The fraction of sp³-hybridized carbons (Fsp3) is 0.776. The van der Waals surface area contributed by atoms with Crippen LogP contribution in [-0.4, -0.2) is 75.8 Å². The van der Waals surface area contributed by atoms with Crippen LogP contribution in [0.2, 0.25) is 0 Å². The predicted molar refractivity (Wildman–Crippen MR) is 225 cm³/mol. The van der Waals surface area contributed by atoms with Crippen LogP contribution in [0.1, 0.15) is 151 Å². The van der Waals surface area contributed by atoms with Crippen LogP contribution in [0, 0.1) is 56.2 Å². The molecule has 4 saturated carbocycles. The number of pyridine rings is 1. The zero-order chi connectivity index (χ0) is 42.1. The molecule has 8 atom stereocenters. The lowest BCUT2D eigenvalue weighted by Crippen LogP contribution is -2.65. The van der Waals surface area contributed by atoms with Gasteiger partial charge in [0, 0.05) is 56.0 Å². The average Bonchev–Trinajstić information content (AvgIpc) is 3.70. The molecule has 9 heteroatoms. The number of Topliss-reactive ketones (excluding diaryl/α,β-unsaturated/α-hetero) is 1. The van der Waals surface area contributed by atoms with E-state index in [2.05, 4.69) is 70.5 Å². The lowest BCUT2D eigenvalue weighted by Gasteiger charge is -2.72. The summed E-state index contributed by atoms with van der Waals surface area (Å²) in [4.78, 5) is 61.1. The number of aromatic nitrogens is 1. The molecule has 7 rings (SSSR count). The second kappa shape index (κ2) is 15.4. The summed E-state index contributed by atoms with van der Waals surface area (Å²) in [5, 5.41) is 9.66. The molecule has 58 heavy (non-hydrogen) atoms. The third-order valence-corrected chi connectivity index (χ3v) is 17.8. The van der Waals surface area contributed by atoms with Gasteiger partial charge in [-0.3, -0.25) is 29.1 Å². The molecule has 0 spiro atoms. The van der Waals surface area contributed by atoms with Gasteiger partial charge in [0.1, 0.15) is 6.10 Å². The van der Waals surface area contributed by atoms with E-state index in [1.54, 1.807) is 13.8 Å². The van der Waals surface area contributed by atoms with E-state index in [0.29, 0.717) is 36.4 Å². The molecule has 5 fully saturated rings. The Balaban J connectivity index is 1.13. The Morgan fingerprint density at radius 1 is 0.966 bits per heavy atom. The highest BCUT2D eigenvalue weighted by molar-refractivity contribution is 6.00. The number of esters is 1. The number of hydrogen-bond donors (Lipinski definition) is 1. The summed E-state index contributed by atoms with van der Waals surface area (Å²) in [5.41, 5.74) is 2.42. The first-order valence-electron chi connectivity index (χ1n) is 22.8. The van der Waals surface area contributed by atoms with E-state index >= 15 is 0 Å². The number of carboxylic acids is 1. The van der Waals surface area contributed by atoms with Gasteiger partial charge >= 0.3 is 11.9 Å². The van der Waals surface area contributed by atoms with Crippen LogP contribution in [0.5, 0.6) is 0 Å². The number of ketones is 1. The zero-order valence-corrected chi connectivity index (χ0v) is 37.3. The Bertz CT molecular complexity index is 1800. The second-order valence-corrected chi connectivity index (χ2v) is 22.0. The van der Waals surface area contributed by atoms with Crippen molar-refractivity contribution >= 4 is 23.6 Å². The minimum absolute atomic E-state index is 0.0626. The number of aliphatic carboxylic acids is 1. The Labute approximate surface area is 348 Å². The van der Waals surface area contributed by atoms with Gasteiger partial charge in [0.15, 0.2) is 5.78 Å². The molecule has 9 nitrogen and oxygen atoms in total. The molecule has 320 valence electrons. The number of carbonyl (C=O) groups excluding carboxylic acids is 3. The van der Waals surface area contributed by atoms with Gasteiger partial charge in [-0.25, -0.2) is 0 Å². The predicted octanol–water partition coefficient (Wildman–Crippen LogP) is 9.29. The number of rotatable bonds is 13.